The van der Waals surface area contributed by atoms with E-state index in [1.54, 1.807) is 0 Å². The molecular formula is C18H18ClNO. The quantitative estimate of drug-likeness (QED) is 0.725. The molecule has 1 N–H and O–H groups in total. The van der Waals surface area contributed by atoms with Gasteiger partial charge in [0.05, 0.1) is 6.04 Å². The number of furan rings is 1. The molecule has 3 rings (SSSR count). The lowest BCUT2D eigenvalue weighted by molar-refractivity contribution is 0.477. The van der Waals surface area contributed by atoms with Crippen LogP contribution in [0.3, 0.4) is 0 Å². The first kappa shape index (κ1) is 14.2. The van der Waals surface area contributed by atoms with E-state index in [1.165, 1.54) is 5.56 Å². The molecule has 1 atom stereocenters. The summed E-state index contributed by atoms with van der Waals surface area (Å²) in [6.07, 6.45) is 0. The lowest BCUT2D eigenvalue weighted by Gasteiger charge is -2.15. The summed E-state index contributed by atoms with van der Waals surface area (Å²) in [5.74, 6) is 0.930. The maximum absolute atomic E-state index is 6.03. The van der Waals surface area contributed by atoms with E-state index < -0.39 is 0 Å². The Kier molecular flexibility index (Phi) is 4.00. The Morgan fingerprint density at radius 3 is 2.57 bits per heavy atom. The highest BCUT2D eigenvalue weighted by Crippen LogP contribution is 2.29. The van der Waals surface area contributed by atoms with Crippen LogP contribution in [-0.2, 0) is 0 Å². The van der Waals surface area contributed by atoms with Gasteiger partial charge in [-0.3, -0.25) is 0 Å². The number of nitrogens with one attached hydrogen (secondary N) is 1. The number of aryl methyl sites for hydroxylation is 1. The minimum absolute atomic E-state index is 0.0416. The molecule has 0 radical (unpaired) electrons. The molecule has 0 spiro atoms. The Hall–Kier alpha value is -1.77. The highest BCUT2D eigenvalue weighted by Gasteiger charge is 2.17. The molecule has 1 unspecified atom stereocenters. The summed E-state index contributed by atoms with van der Waals surface area (Å²) in [4.78, 5) is 0. The minimum atomic E-state index is 0.0416. The van der Waals surface area contributed by atoms with Gasteiger partial charge in [-0.05, 0) is 49.4 Å². The molecule has 0 aliphatic heterocycles. The summed E-state index contributed by atoms with van der Waals surface area (Å²) in [6, 6.07) is 16.3. The fraction of sp³-hybridized carbons (Fsp3) is 0.222. The first-order valence-corrected chi connectivity index (χ1v) is 7.54. The van der Waals surface area contributed by atoms with Gasteiger partial charge in [-0.15, -0.1) is 0 Å². The molecule has 0 saturated heterocycles. The van der Waals surface area contributed by atoms with Crippen molar-refractivity contribution < 1.29 is 4.42 Å². The molecule has 3 aromatic rings. The second-order valence-electron chi connectivity index (χ2n) is 5.23. The minimum Gasteiger partial charge on any atom is -0.459 e. The van der Waals surface area contributed by atoms with Gasteiger partial charge in [0.2, 0.25) is 0 Å². The zero-order valence-electron chi connectivity index (χ0n) is 12.2. The van der Waals surface area contributed by atoms with Gasteiger partial charge in [-0.25, -0.2) is 0 Å². The maximum atomic E-state index is 6.03. The van der Waals surface area contributed by atoms with Crippen LogP contribution in [0, 0.1) is 6.92 Å². The molecule has 2 aromatic carbocycles. The van der Waals surface area contributed by atoms with Gasteiger partial charge in [0, 0.05) is 10.4 Å². The number of hydrogen-bond acceptors (Lipinski definition) is 2. The van der Waals surface area contributed by atoms with Crippen LogP contribution in [0.15, 0.2) is 52.9 Å². The van der Waals surface area contributed by atoms with Crippen LogP contribution in [0.2, 0.25) is 5.02 Å². The van der Waals surface area contributed by atoms with Gasteiger partial charge in [-0.1, -0.05) is 42.3 Å². The fourth-order valence-corrected chi connectivity index (χ4v) is 2.69. The third-order valence-electron chi connectivity index (χ3n) is 3.59. The Morgan fingerprint density at radius 1 is 1.10 bits per heavy atom. The molecule has 0 saturated carbocycles. The van der Waals surface area contributed by atoms with Crippen LogP contribution in [0.4, 0.5) is 0 Å². The molecule has 1 heterocycles. The van der Waals surface area contributed by atoms with E-state index in [0.29, 0.717) is 0 Å². The normalized spacial score (nSPS) is 12.7. The van der Waals surface area contributed by atoms with E-state index in [2.05, 4.69) is 37.4 Å². The topological polar surface area (TPSA) is 25.2 Å². The van der Waals surface area contributed by atoms with Gasteiger partial charge in [0.1, 0.15) is 11.3 Å². The molecule has 21 heavy (non-hydrogen) atoms. The van der Waals surface area contributed by atoms with Gasteiger partial charge >= 0.3 is 0 Å². The molecule has 0 aliphatic rings. The third-order valence-corrected chi connectivity index (χ3v) is 3.84. The van der Waals surface area contributed by atoms with Gasteiger partial charge in [-0.2, -0.15) is 0 Å². The van der Waals surface area contributed by atoms with Gasteiger partial charge in [0.15, 0.2) is 0 Å². The highest BCUT2D eigenvalue weighted by molar-refractivity contribution is 6.30. The van der Waals surface area contributed by atoms with E-state index in [0.717, 1.165) is 33.9 Å². The summed E-state index contributed by atoms with van der Waals surface area (Å²) in [7, 11) is 0. The molecule has 108 valence electrons. The van der Waals surface area contributed by atoms with E-state index in [1.807, 2.05) is 30.3 Å². The van der Waals surface area contributed by atoms with E-state index in [4.69, 9.17) is 16.0 Å². The van der Waals surface area contributed by atoms with Gasteiger partial charge in [0.25, 0.3) is 0 Å². The summed E-state index contributed by atoms with van der Waals surface area (Å²) in [6.45, 7) is 5.05. The second kappa shape index (κ2) is 5.92. The molecular weight excluding hydrogens is 282 g/mol. The second-order valence-corrected chi connectivity index (χ2v) is 5.67. The number of halogens is 1. The molecule has 1 aromatic heterocycles. The van der Waals surface area contributed by atoms with Crippen molar-refractivity contribution in [3.63, 3.8) is 0 Å². The largest absolute Gasteiger partial charge is 0.459 e. The van der Waals surface area contributed by atoms with Crippen molar-refractivity contribution in [1.82, 2.24) is 5.32 Å². The van der Waals surface area contributed by atoms with Crippen molar-refractivity contribution in [2.45, 2.75) is 19.9 Å². The van der Waals surface area contributed by atoms with Crippen LogP contribution >= 0.6 is 11.6 Å². The lowest BCUT2D eigenvalue weighted by atomic mass is 10.0. The lowest BCUT2D eigenvalue weighted by Crippen LogP contribution is -2.21. The van der Waals surface area contributed by atoms with E-state index >= 15 is 0 Å². The Labute approximate surface area is 129 Å². The average Bonchev–Trinajstić information content (AvgIpc) is 2.88. The number of hydrogen-bond donors (Lipinski definition) is 1. The maximum Gasteiger partial charge on any atom is 0.134 e. The van der Waals surface area contributed by atoms with Crippen molar-refractivity contribution in [2.75, 3.05) is 6.54 Å². The Morgan fingerprint density at radius 2 is 1.86 bits per heavy atom. The fourth-order valence-electron chi connectivity index (χ4n) is 2.57. The monoisotopic (exact) mass is 299 g/mol. The van der Waals surface area contributed by atoms with Gasteiger partial charge < -0.3 is 9.73 Å². The van der Waals surface area contributed by atoms with Crippen LogP contribution < -0.4 is 5.32 Å². The first-order chi connectivity index (χ1) is 10.2. The van der Waals surface area contributed by atoms with Crippen molar-refractivity contribution in [3.05, 3.63) is 70.4 Å². The molecule has 0 bridgehead atoms. The smallest absolute Gasteiger partial charge is 0.134 e. The van der Waals surface area contributed by atoms with Crippen molar-refractivity contribution in [3.8, 4) is 0 Å². The molecule has 0 amide bonds. The first-order valence-electron chi connectivity index (χ1n) is 7.16. The van der Waals surface area contributed by atoms with Crippen molar-refractivity contribution >= 4 is 22.6 Å². The number of fused-ring (bicyclic) bond motifs is 1. The van der Waals surface area contributed by atoms with Crippen LogP contribution in [-0.4, -0.2) is 6.54 Å². The zero-order valence-corrected chi connectivity index (χ0v) is 12.9. The zero-order chi connectivity index (χ0) is 14.8. The Balaban J connectivity index is 2.04. The predicted molar refractivity (Wildman–Crippen MR) is 87.9 cm³/mol. The third kappa shape index (κ3) is 2.97. The molecule has 0 fully saturated rings. The average molecular weight is 300 g/mol. The van der Waals surface area contributed by atoms with Crippen LogP contribution in [0.5, 0.6) is 0 Å². The van der Waals surface area contributed by atoms with Crippen LogP contribution in [0.25, 0.3) is 11.0 Å². The Bertz CT molecular complexity index is 746. The van der Waals surface area contributed by atoms with Crippen molar-refractivity contribution in [2.24, 2.45) is 0 Å². The molecule has 0 aliphatic carbocycles. The number of benzene rings is 2. The molecule has 2 nitrogen and oxygen atoms in total. The number of rotatable bonds is 4. The SMILES string of the molecule is CCNC(c1ccc(Cl)cc1)c1cc2cc(C)ccc2o1. The summed E-state index contributed by atoms with van der Waals surface area (Å²) >= 11 is 5.98. The highest BCUT2D eigenvalue weighted by atomic mass is 35.5. The predicted octanol–water partition coefficient (Wildman–Crippen LogP) is 5.09. The summed E-state index contributed by atoms with van der Waals surface area (Å²) in [5.41, 5.74) is 3.31. The van der Waals surface area contributed by atoms with Crippen LogP contribution in [0.1, 0.15) is 29.9 Å². The molecule has 3 heteroatoms. The van der Waals surface area contributed by atoms with E-state index in [9.17, 15) is 0 Å². The standard InChI is InChI=1S/C18H18ClNO/c1-3-20-18(13-5-7-15(19)8-6-13)17-11-14-10-12(2)4-9-16(14)21-17/h4-11,18,20H,3H2,1-2H3. The van der Waals surface area contributed by atoms with E-state index in [-0.39, 0.29) is 6.04 Å². The summed E-state index contributed by atoms with van der Waals surface area (Å²) in [5, 5.41) is 5.36. The van der Waals surface area contributed by atoms with Crippen molar-refractivity contribution in [1.29, 1.82) is 0 Å². The summed E-state index contributed by atoms with van der Waals surface area (Å²) < 4.78 is 6.03.